The van der Waals surface area contributed by atoms with Gasteiger partial charge in [-0.3, -0.25) is 0 Å². The van der Waals surface area contributed by atoms with Crippen LogP contribution >= 0.6 is 11.3 Å². The normalized spacial score (nSPS) is 11.7. The Morgan fingerprint density at radius 3 is 2.65 bits per heavy atom. The van der Waals surface area contributed by atoms with Crippen LogP contribution in [0, 0.1) is 12.7 Å². The summed E-state index contributed by atoms with van der Waals surface area (Å²) in [7, 11) is 0. The quantitative estimate of drug-likeness (QED) is 0.869. The van der Waals surface area contributed by atoms with E-state index in [1.54, 1.807) is 6.07 Å². The van der Waals surface area contributed by atoms with Crippen LogP contribution in [0.5, 0.6) is 5.75 Å². The topological polar surface area (TPSA) is 48.1 Å². The number of nitrogens with two attached hydrogens (primary N) is 1. The van der Waals surface area contributed by atoms with Crippen molar-refractivity contribution in [3.8, 4) is 5.75 Å². The molecule has 108 valence electrons. The number of benzene rings is 1. The molecule has 0 aliphatic carbocycles. The number of anilines is 1. The molecule has 0 aliphatic rings. The molecule has 0 radical (unpaired) electrons. The van der Waals surface area contributed by atoms with Crippen LogP contribution in [0.3, 0.4) is 0 Å². The number of rotatable bonds is 3. The first-order valence-electron chi connectivity index (χ1n) is 6.40. The zero-order chi connectivity index (χ0) is 14.9. The van der Waals surface area contributed by atoms with E-state index in [1.807, 2.05) is 12.3 Å². The predicted octanol–water partition coefficient (Wildman–Crippen LogP) is 4.05. The van der Waals surface area contributed by atoms with E-state index in [9.17, 15) is 4.39 Å². The molecule has 5 heteroatoms. The van der Waals surface area contributed by atoms with Crippen molar-refractivity contribution < 1.29 is 9.13 Å². The lowest BCUT2D eigenvalue weighted by Crippen LogP contribution is -2.11. The molecule has 2 aromatic rings. The molecule has 0 bridgehead atoms. The van der Waals surface area contributed by atoms with Gasteiger partial charge in [0.05, 0.1) is 5.69 Å². The molecule has 0 aliphatic heterocycles. The van der Waals surface area contributed by atoms with Crippen LogP contribution in [0.1, 0.15) is 37.0 Å². The third kappa shape index (κ3) is 3.28. The van der Waals surface area contributed by atoms with Gasteiger partial charge in [-0.25, -0.2) is 9.37 Å². The summed E-state index contributed by atoms with van der Waals surface area (Å²) in [5.41, 5.74) is 7.91. The molecule has 0 unspecified atom stereocenters. The van der Waals surface area contributed by atoms with Crippen molar-refractivity contribution in [2.45, 2.75) is 39.7 Å². The number of halogens is 1. The third-order valence-corrected chi connectivity index (χ3v) is 3.81. The number of hydrogen-bond acceptors (Lipinski definition) is 4. The standard InChI is InChI=1S/C15H19FN2OS/c1-9-5-12(10(16)6-11(9)17)19-7-14-18-13(8-20-14)15(2,3)4/h5-6,8H,7,17H2,1-4H3. The third-order valence-electron chi connectivity index (χ3n) is 2.99. The van der Waals surface area contributed by atoms with E-state index in [4.69, 9.17) is 10.5 Å². The highest BCUT2D eigenvalue weighted by atomic mass is 32.1. The Balaban J connectivity index is 2.09. The van der Waals surface area contributed by atoms with E-state index in [2.05, 4.69) is 25.8 Å². The molecule has 3 nitrogen and oxygen atoms in total. The van der Waals surface area contributed by atoms with Crippen LogP contribution < -0.4 is 10.5 Å². The summed E-state index contributed by atoms with van der Waals surface area (Å²) in [6.07, 6.45) is 0. The Hall–Kier alpha value is -1.62. The van der Waals surface area contributed by atoms with Crippen LogP contribution in [0.2, 0.25) is 0 Å². The largest absolute Gasteiger partial charge is 0.483 e. The summed E-state index contributed by atoms with van der Waals surface area (Å²) in [5, 5.41) is 2.85. The van der Waals surface area contributed by atoms with Crippen molar-refractivity contribution in [2.75, 3.05) is 5.73 Å². The van der Waals surface area contributed by atoms with E-state index in [0.717, 1.165) is 16.3 Å². The highest BCUT2D eigenvalue weighted by Crippen LogP contribution is 2.27. The number of aromatic nitrogens is 1. The molecule has 1 aromatic heterocycles. The maximum atomic E-state index is 13.7. The predicted molar refractivity (Wildman–Crippen MR) is 80.7 cm³/mol. The van der Waals surface area contributed by atoms with Gasteiger partial charge < -0.3 is 10.5 Å². The minimum Gasteiger partial charge on any atom is -0.483 e. The maximum absolute atomic E-state index is 13.7. The van der Waals surface area contributed by atoms with E-state index in [0.29, 0.717) is 5.69 Å². The Bertz CT molecular complexity index is 617. The van der Waals surface area contributed by atoms with Gasteiger partial charge in [0.25, 0.3) is 0 Å². The van der Waals surface area contributed by atoms with Crippen molar-refractivity contribution in [2.24, 2.45) is 0 Å². The molecule has 1 aromatic carbocycles. The second kappa shape index (κ2) is 5.40. The van der Waals surface area contributed by atoms with E-state index < -0.39 is 5.82 Å². The average Bonchev–Trinajstić information content (AvgIpc) is 2.80. The van der Waals surface area contributed by atoms with Crippen LogP contribution in [0.25, 0.3) is 0 Å². The highest BCUT2D eigenvalue weighted by Gasteiger charge is 2.17. The molecule has 0 atom stereocenters. The van der Waals surface area contributed by atoms with Crippen LogP contribution in [-0.4, -0.2) is 4.98 Å². The Morgan fingerprint density at radius 2 is 2.05 bits per heavy atom. The van der Waals surface area contributed by atoms with Gasteiger partial charge >= 0.3 is 0 Å². The number of hydrogen-bond donors (Lipinski definition) is 1. The van der Waals surface area contributed by atoms with Gasteiger partial charge in [-0.15, -0.1) is 11.3 Å². The fourth-order valence-electron chi connectivity index (χ4n) is 1.64. The zero-order valence-corrected chi connectivity index (χ0v) is 13.0. The van der Waals surface area contributed by atoms with Gasteiger partial charge in [0.15, 0.2) is 11.6 Å². The Kier molecular flexibility index (Phi) is 3.99. The summed E-state index contributed by atoms with van der Waals surface area (Å²) in [5.74, 6) is -0.232. The van der Waals surface area contributed by atoms with E-state index >= 15 is 0 Å². The number of aryl methyl sites for hydroxylation is 1. The van der Waals surface area contributed by atoms with Crippen LogP contribution in [0.15, 0.2) is 17.5 Å². The number of ether oxygens (including phenoxy) is 1. The van der Waals surface area contributed by atoms with Crippen molar-refractivity contribution in [1.29, 1.82) is 0 Å². The molecular formula is C15H19FN2OS. The summed E-state index contributed by atoms with van der Waals surface area (Å²) in [6.45, 7) is 8.41. The monoisotopic (exact) mass is 294 g/mol. The first kappa shape index (κ1) is 14.8. The van der Waals surface area contributed by atoms with E-state index in [1.165, 1.54) is 17.4 Å². The lowest BCUT2D eigenvalue weighted by Gasteiger charge is -2.14. The molecule has 0 fully saturated rings. The van der Waals surface area contributed by atoms with Crippen LogP contribution in [0.4, 0.5) is 10.1 Å². The van der Waals surface area contributed by atoms with Gasteiger partial charge in [0, 0.05) is 22.5 Å². The highest BCUT2D eigenvalue weighted by molar-refractivity contribution is 7.09. The molecule has 2 N–H and O–H groups in total. The molecule has 0 spiro atoms. The van der Waals surface area contributed by atoms with Crippen molar-refractivity contribution in [3.05, 3.63) is 39.6 Å². The lowest BCUT2D eigenvalue weighted by atomic mass is 9.93. The van der Waals surface area contributed by atoms with Gasteiger partial charge in [-0.1, -0.05) is 20.8 Å². The van der Waals surface area contributed by atoms with E-state index in [-0.39, 0.29) is 17.8 Å². The molecule has 0 amide bonds. The number of nitrogens with zero attached hydrogens (tertiary/aromatic N) is 1. The molecule has 2 rings (SSSR count). The minimum absolute atomic E-state index is 0.0117. The smallest absolute Gasteiger partial charge is 0.167 e. The fraction of sp³-hybridized carbons (Fsp3) is 0.400. The first-order chi connectivity index (χ1) is 9.27. The van der Waals surface area contributed by atoms with Crippen molar-refractivity contribution in [3.63, 3.8) is 0 Å². The molecular weight excluding hydrogens is 275 g/mol. The van der Waals surface area contributed by atoms with Gasteiger partial charge in [0.2, 0.25) is 0 Å². The number of nitrogen functional groups attached to an aromatic ring is 1. The van der Waals surface area contributed by atoms with Crippen molar-refractivity contribution >= 4 is 17.0 Å². The summed E-state index contributed by atoms with van der Waals surface area (Å²) >= 11 is 1.53. The maximum Gasteiger partial charge on any atom is 0.167 e. The van der Waals surface area contributed by atoms with Gasteiger partial charge in [-0.2, -0.15) is 0 Å². The molecule has 0 saturated heterocycles. The van der Waals surface area contributed by atoms with Gasteiger partial charge in [0.1, 0.15) is 11.6 Å². The molecule has 20 heavy (non-hydrogen) atoms. The summed E-state index contributed by atoms with van der Waals surface area (Å²) < 4.78 is 19.2. The van der Waals surface area contributed by atoms with Crippen LogP contribution in [-0.2, 0) is 12.0 Å². The molecule has 1 heterocycles. The fourth-order valence-corrected chi connectivity index (χ4v) is 2.57. The van der Waals surface area contributed by atoms with Crippen molar-refractivity contribution in [1.82, 2.24) is 4.98 Å². The summed E-state index contributed by atoms with van der Waals surface area (Å²) in [4.78, 5) is 4.51. The summed E-state index contributed by atoms with van der Waals surface area (Å²) in [6, 6.07) is 2.90. The SMILES string of the molecule is Cc1cc(OCc2nc(C(C)(C)C)cs2)c(F)cc1N. The Morgan fingerprint density at radius 1 is 1.35 bits per heavy atom. The zero-order valence-electron chi connectivity index (χ0n) is 12.2. The minimum atomic E-state index is -0.444. The first-order valence-corrected chi connectivity index (χ1v) is 7.28. The Labute approximate surface area is 122 Å². The number of thiazole rings is 1. The van der Waals surface area contributed by atoms with Gasteiger partial charge in [-0.05, 0) is 18.6 Å². The second-order valence-corrected chi connectivity index (χ2v) is 6.75. The molecule has 0 saturated carbocycles. The lowest BCUT2D eigenvalue weighted by molar-refractivity contribution is 0.289. The average molecular weight is 294 g/mol. The second-order valence-electron chi connectivity index (χ2n) is 5.80.